The van der Waals surface area contributed by atoms with E-state index < -0.39 is 0 Å². The Morgan fingerprint density at radius 2 is 1.97 bits per heavy atom. The molecular weight excluding hydrogens is 410 g/mol. The van der Waals surface area contributed by atoms with E-state index in [2.05, 4.69) is 26.3 Å². The van der Waals surface area contributed by atoms with Crippen LogP contribution in [-0.4, -0.2) is 54.7 Å². The van der Waals surface area contributed by atoms with Gasteiger partial charge in [-0.2, -0.15) is 5.10 Å². The molecule has 5 rings (SSSR count). The lowest BCUT2D eigenvalue weighted by Crippen LogP contribution is -2.21. The fourth-order valence-corrected chi connectivity index (χ4v) is 4.41. The third kappa shape index (κ3) is 3.73. The van der Waals surface area contributed by atoms with Crippen molar-refractivity contribution in [2.75, 3.05) is 25.1 Å². The van der Waals surface area contributed by atoms with Crippen molar-refractivity contribution in [3.05, 3.63) is 61.2 Å². The molecule has 0 radical (unpaired) electrons. The van der Waals surface area contributed by atoms with Gasteiger partial charge in [0.25, 0.3) is 0 Å². The van der Waals surface area contributed by atoms with Crippen LogP contribution in [-0.2, 0) is 7.05 Å². The number of hydrogen-bond donors (Lipinski definition) is 1. The molecule has 0 atom stereocenters. The van der Waals surface area contributed by atoms with Crippen molar-refractivity contribution < 1.29 is 5.11 Å². The molecule has 1 aromatic carbocycles. The van der Waals surface area contributed by atoms with Crippen LogP contribution in [0.15, 0.2) is 71.2 Å². The minimum absolute atomic E-state index is 0.0970. The summed E-state index contributed by atoms with van der Waals surface area (Å²) in [6, 6.07) is 12.1. The maximum Gasteiger partial charge on any atom is 0.200 e. The van der Waals surface area contributed by atoms with Gasteiger partial charge in [-0.25, -0.2) is 0 Å². The first-order chi connectivity index (χ1) is 15.1. The summed E-state index contributed by atoms with van der Waals surface area (Å²) in [5.74, 6) is 0. The number of anilines is 1. The van der Waals surface area contributed by atoms with Crippen LogP contribution in [0.3, 0.4) is 0 Å². The first-order valence-corrected chi connectivity index (χ1v) is 10.7. The molecule has 1 N–H and O–H groups in total. The third-order valence-electron chi connectivity index (χ3n) is 5.16. The molecule has 4 aromatic heterocycles. The van der Waals surface area contributed by atoms with Gasteiger partial charge < -0.3 is 10.0 Å². The Morgan fingerprint density at radius 3 is 2.77 bits per heavy atom. The van der Waals surface area contributed by atoms with E-state index in [9.17, 15) is 5.11 Å². The van der Waals surface area contributed by atoms with Gasteiger partial charge in [-0.15, -0.1) is 10.2 Å². The highest BCUT2D eigenvalue weighted by molar-refractivity contribution is 7.99. The van der Waals surface area contributed by atoms with E-state index in [1.165, 1.54) is 0 Å². The van der Waals surface area contributed by atoms with Crippen LogP contribution >= 0.6 is 11.8 Å². The van der Waals surface area contributed by atoms with Crippen molar-refractivity contribution in [3.63, 3.8) is 0 Å². The molecule has 0 saturated heterocycles. The quantitative estimate of drug-likeness (QED) is 0.442. The maximum atomic E-state index is 9.32. The summed E-state index contributed by atoms with van der Waals surface area (Å²) in [4.78, 5) is 7.55. The molecule has 9 heteroatoms. The molecule has 0 aliphatic heterocycles. The lowest BCUT2D eigenvalue weighted by molar-refractivity contribution is 0.304. The molecule has 0 unspecified atom stereocenters. The lowest BCUT2D eigenvalue weighted by Gasteiger charge is -2.20. The average Bonchev–Trinajstić information content (AvgIpc) is 3.39. The molecule has 0 bridgehead atoms. The summed E-state index contributed by atoms with van der Waals surface area (Å²) in [5.41, 5.74) is 4.84. The van der Waals surface area contributed by atoms with Gasteiger partial charge in [-0.05, 0) is 48.2 Å². The van der Waals surface area contributed by atoms with Gasteiger partial charge in [0.1, 0.15) is 0 Å². The maximum absolute atomic E-state index is 9.32. The van der Waals surface area contributed by atoms with Gasteiger partial charge in [0.2, 0.25) is 0 Å². The number of likely N-dealkylation sites (N-methyl/N-ethyl adjacent to an activating group) is 1. The van der Waals surface area contributed by atoms with Crippen LogP contribution < -0.4 is 4.90 Å². The highest BCUT2D eigenvalue weighted by Crippen LogP contribution is 2.33. The fourth-order valence-electron chi connectivity index (χ4n) is 3.56. The number of hydrogen-bond acceptors (Lipinski definition) is 7. The molecule has 156 valence electrons. The Hall–Kier alpha value is -3.43. The molecule has 4 heterocycles. The van der Waals surface area contributed by atoms with E-state index >= 15 is 0 Å². The monoisotopic (exact) mass is 431 g/mol. The van der Waals surface area contributed by atoms with Crippen molar-refractivity contribution in [2.24, 2.45) is 7.05 Å². The summed E-state index contributed by atoms with van der Waals surface area (Å²) in [7, 11) is 3.87. The predicted molar refractivity (Wildman–Crippen MR) is 121 cm³/mol. The molecule has 0 aliphatic carbocycles. The topological polar surface area (TPSA) is 84.4 Å². The number of aromatic nitrogens is 6. The first kappa shape index (κ1) is 19.5. The van der Waals surface area contributed by atoms with Crippen LogP contribution in [0, 0.1) is 0 Å². The number of aliphatic hydroxyl groups excluding tert-OH is 1. The van der Waals surface area contributed by atoms with Crippen molar-refractivity contribution >= 4 is 34.0 Å². The van der Waals surface area contributed by atoms with E-state index in [1.807, 2.05) is 72.3 Å². The molecule has 31 heavy (non-hydrogen) atoms. The number of aliphatic hydroxyl groups is 1. The number of benzene rings is 1. The van der Waals surface area contributed by atoms with Crippen molar-refractivity contribution in [2.45, 2.75) is 10.1 Å². The fraction of sp³-hybridized carbons (Fsp3) is 0.182. The van der Waals surface area contributed by atoms with Crippen LogP contribution in [0.4, 0.5) is 5.69 Å². The SMILES string of the molecule is CN(CCO)c1ccnc2ccc(Sc3nnc4ccc(-c5cnn(C)c5)cn34)cc12. The normalized spacial score (nSPS) is 11.5. The Bertz CT molecular complexity index is 1380. The smallest absolute Gasteiger partial charge is 0.200 e. The van der Waals surface area contributed by atoms with Crippen LogP contribution in [0.1, 0.15) is 0 Å². The van der Waals surface area contributed by atoms with Crippen LogP contribution in [0.25, 0.3) is 27.7 Å². The molecule has 0 spiro atoms. The zero-order valence-electron chi connectivity index (χ0n) is 17.2. The van der Waals surface area contributed by atoms with Gasteiger partial charge in [0, 0.05) is 66.3 Å². The largest absolute Gasteiger partial charge is 0.395 e. The van der Waals surface area contributed by atoms with Gasteiger partial charge in [-0.1, -0.05) is 0 Å². The second kappa shape index (κ2) is 8.01. The highest BCUT2D eigenvalue weighted by Gasteiger charge is 2.12. The van der Waals surface area contributed by atoms with Crippen LogP contribution in [0.2, 0.25) is 0 Å². The van der Waals surface area contributed by atoms with Crippen molar-refractivity contribution in [1.82, 2.24) is 29.4 Å². The van der Waals surface area contributed by atoms with Crippen molar-refractivity contribution in [3.8, 4) is 11.1 Å². The summed E-state index contributed by atoms with van der Waals surface area (Å²) in [6.07, 6.45) is 7.67. The van der Waals surface area contributed by atoms with E-state index in [1.54, 1.807) is 22.6 Å². The minimum Gasteiger partial charge on any atom is -0.395 e. The lowest BCUT2D eigenvalue weighted by atomic mass is 10.2. The zero-order chi connectivity index (χ0) is 21.4. The number of aryl methyl sites for hydroxylation is 1. The summed E-state index contributed by atoms with van der Waals surface area (Å²) in [6.45, 7) is 0.655. The predicted octanol–water partition coefficient (Wildman–Crippen LogP) is 3.26. The summed E-state index contributed by atoms with van der Waals surface area (Å²) in [5, 5.41) is 24.1. The van der Waals surface area contributed by atoms with Gasteiger partial charge in [0.05, 0.1) is 18.3 Å². The zero-order valence-corrected chi connectivity index (χ0v) is 18.0. The first-order valence-electron chi connectivity index (χ1n) is 9.85. The summed E-state index contributed by atoms with van der Waals surface area (Å²) < 4.78 is 3.79. The molecule has 5 aromatic rings. The number of fused-ring (bicyclic) bond motifs is 2. The van der Waals surface area contributed by atoms with E-state index in [0.717, 1.165) is 43.4 Å². The standard InChI is InChI=1S/C22H21N7OS/c1-27(9-10-30)20-7-8-23-19-5-4-17(11-18(19)20)31-22-26-25-21-6-3-15(14-29(21)22)16-12-24-28(2)13-16/h3-8,11-14,30H,9-10H2,1-2H3. The second-order valence-electron chi connectivity index (χ2n) is 7.29. The molecule has 0 amide bonds. The molecule has 0 aliphatic rings. The Balaban J connectivity index is 1.52. The molecule has 0 fully saturated rings. The van der Waals surface area contributed by atoms with Gasteiger partial charge >= 0.3 is 0 Å². The Kier molecular flexibility index (Phi) is 5.05. The number of nitrogens with zero attached hydrogens (tertiary/aromatic N) is 7. The average molecular weight is 432 g/mol. The van der Waals surface area contributed by atoms with Gasteiger partial charge in [0.15, 0.2) is 10.8 Å². The van der Waals surface area contributed by atoms with E-state index in [-0.39, 0.29) is 6.61 Å². The summed E-state index contributed by atoms with van der Waals surface area (Å²) >= 11 is 1.55. The van der Waals surface area contributed by atoms with Gasteiger partial charge in [-0.3, -0.25) is 14.1 Å². The molecule has 8 nitrogen and oxygen atoms in total. The van der Waals surface area contributed by atoms with E-state index in [0.29, 0.717) is 6.54 Å². The Labute approximate surface area is 183 Å². The highest BCUT2D eigenvalue weighted by atomic mass is 32.2. The van der Waals surface area contributed by atoms with Crippen LogP contribution in [0.5, 0.6) is 0 Å². The third-order valence-corrected chi connectivity index (χ3v) is 6.11. The molecular formula is C22H21N7OS. The second-order valence-corrected chi connectivity index (χ2v) is 8.33. The number of pyridine rings is 2. The number of rotatable bonds is 6. The van der Waals surface area contributed by atoms with Crippen molar-refractivity contribution in [1.29, 1.82) is 0 Å². The molecule has 0 saturated carbocycles. The Morgan fingerprint density at radius 1 is 1.06 bits per heavy atom. The minimum atomic E-state index is 0.0970. The van der Waals surface area contributed by atoms with E-state index in [4.69, 9.17) is 0 Å².